The minimum atomic E-state index is -0.584. The van der Waals surface area contributed by atoms with E-state index in [4.69, 9.17) is 9.47 Å². The van der Waals surface area contributed by atoms with Crippen LogP contribution in [0.25, 0.3) is 0 Å². The number of carbonyl (C=O) groups is 1. The van der Waals surface area contributed by atoms with Gasteiger partial charge in [0.15, 0.2) is 0 Å². The van der Waals surface area contributed by atoms with Crippen molar-refractivity contribution in [3.63, 3.8) is 0 Å². The van der Waals surface area contributed by atoms with E-state index < -0.39 is 11.8 Å². The van der Waals surface area contributed by atoms with Gasteiger partial charge in [-0.25, -0.2) is 4.79 Å². The molecule has 0 aliphatic carbocycles. The molecule has 1 aromatic rings. The number of unbranched alkanes of at least 4 members (excludes halogenated alkanes) is 15. The third-order valence-corrected chi connectivity index (χ3v) is 9.70. The van der Waals surface area contributed by atoms with Crippen molar-refractivity contribution in [1.82, 2.24) is 0 Å². The van der Waals surface area contributed by atoms with E-state index in [0.717, 1.165) is 41.4 Å². The van der Waals surface area contributed by atoms with Gasteiger partial charge in [-0.2, -0.15) is 23.5 Å². The molecule has 1 aromatic carbocycles. The molecule has 0 spiro atoms. The van der Waals surface area contributed by atoms with E-state index in [1.54, 1.807) is 0 Å². The zero-order valence-electron chi connectivity index (χ0n) is 28.5. The molecule has 0 bridgehead atoms. The highest BCUT2D eigenvalue weighted by atomic mass is 32.2. The summed E-state index contributed by atoms with van der Waals surface area (Å²) in [7, 11) is 0. The Bertz CT molecular complexity index is 803. The molecule has 0 amide bonds. The van der Waals surface area contributed by atoms with Crippen LogP contribution in [0.15, 0.2) is 12.1 Å². The molecule has 0 aliphatic rings. The molecule has 0 heterocycles. The Kier molecular flexibility index (Phi) is 23.8. The molecule has 0 saturated heterocycles. The van der Waals surface area contributed by atoms with Gasteiger partial charge in [-0.15, -0.1) is 0 Å². The lowest BCUT2D eigenvalue weighted by Gasteiger charge is -2.21. The van der Waals surface area contributed by atoms with Crippen LogP contribution in [0.3, 0.4) is 0 Å². The molecule has 3 nitrogen and oxygen atoms in total. The molecule has 0 N–H and O–H groups in total. The van der Waals surface area contributed by atoms with Gasteiger partial charge in [0.25, 0.3) is 0 Å². The highest BCUT2D eigenvalue weighted by Gasteiger charge is 2.22. The normalized spacial score (nSPS) is 11.7. The second-order valence-corrected chi connectivity index (χ2v) is 15.2. The standard InChI is InChI=1S/C37H66O3S2/c1-7-10-13-16-19-22-25-33-28-32(30-41-26-23-20-17-14-11-8-2)29-34(31-42-27-24-21-18-15-12-9-3)35(33)39-36(38)40-37(4,5)6/h28-29H,7-27,30-31H2,1-6H3. The Morgan fingerprint density at radius 1 is 0.619 bits per heavy atom. The van der Waals surface area contributed by atoms with E-state index in [1.165, 1.54) is 126 Å². The fraction of sp³-hybridized carbons (Fsp3) is 0.811. The molecule has 1 rings (SSSR count). The summed E-state index contributed by atoms with van der Waals surface area (Å²) in [4.78, 5) is 12.8. The van der Waals surface area contributed by atoms with Gasteiger partial charge in [-0.05, 0) is 69.1 Å². The largest absolute Gasteiger partial charge is 0.514 e. The topological polar surface area (TPSA) is 35.5 Å². The lowest BCUT2D eigenvalue weighted by atomic mass is 9.99. The first-order chi connectivity index (χ1) is 20.3. The molecule has 0 unspecified atom stereocenters. The second-order valence-electron chi connectivity index (χ2n) is 13.0. The lowest BCUT2D eigenvalue weighted by molar-refractivity contribution is 0.0202. The van der Waals surface area contributed by atoms with E-state index in [2.05, 4.69) is 44.7 Å². The van der Waals surface area contributed by atoms with E-state index in [1.807, 2.05) is 32.5 Å². The van der Waals surface area contributed by atoms with Gasteiger partial charge in [0, 0.05) is 17.1 Å². The molecule has 0 fully saturated rings. The molecule has 0 aromatic heterocycles. The van der Waals surface area contributed by atoms with Gasteiger partial charge < -0.3 is 9.47 Å². The van der Waals surface area contributed by atoms with Gasteiger partial charge in [-0.1, -0.05) is 129 Å². The number of carbonyl (C=O) groups excluding carboxylic acids is 1. The van der Waals surface area contributed by atoms with E-state index in [9.17, 15) is 4.79 Å². The third-order valence-electron chi connectivity index (χ3n) is 7.49. The van der Waals surface area contributed by atoms with Crippen LogP contribution in [0.4, 0.5) is 4.79 Å². The van der Waals surface area contributed by atoms with Crippen LogP contribution in [-0.4, -0.2) is 23.3 Å². The molecule has 0 aliphatic heterocycles. The monoisotopic (exact) mass is 622 g/mol. The molecule has 42 heavy (non-hydrogen) atoms. The van der Waals surface area contributed by atoms with Crippen molar-refractivity contribution in [1.29, 1.82) is 0 Å². The van der Waals surface area contributed by atoms with Gasteiger partial charge in [0.1, 0.15) is 11.4 Å². The molecule has 0 radical (unpaired) electrons. The SMILES string of the molecule is CCCCCCCCSCc1cc(CCCCCCCC)c(OC(=O)OC(C)(C)C)c(CSCCCCCCCC)c1. The quantitative estimate of drug-likeness (QED) is 0.0583. The maximum atomic E-state index is 12.8. The van der Waals surface area contributed by atoms with Gasteiger partial charge in [0.05, 0.1) is 0 Å². The minimum absolute atomic E-state index is 0.573. The van der Waals surface area contributed by atoms with Crippen LogP contribution >= 0.6 is 23.5 Å². The highest BCUT2D eigenvalue weighted by molar-refractivity contribution is 7.98. The average Bonchev–Trinajstić information content (AvgIpc) is 2.94. The Labute approximate surface area is 269 Å². The van der Waals surface area contributed by atoms with Crippen LogP contribution in [0.2, 0.25) is 0 Å². The number of thioether (sulfide) groups is 2. The summed E-state index contributed by atoms with van der Waals surface area (Å²) in [6.45, 7) is 12.5. The number of rotatable bonds is 26. The van der Waals surface area contributed by atoms with Gasteiger partial charge in [-0.3, -0.25) is 0 Å². The van der Waals surface area contributed by atoms with Crippen LogP contribution in [-0.2, 0) is 22.7 Å². The van der Waals surface area contributed by atoms with Crippen molar-refractivity contribution in [2.75, 3.05) is 11.5 Å². The minimum Gasteiger partial charge on any atom is -0.428 e. The van der Waals surface area contributed by atoms with Crippen molar-refractivity contribution >= 4 is 29.7 Å². The maximum Gasteiger partial charge on any atom is 0.514 e. The molecular formula is C37H66O3S2. The van der Waals surface area contributed by atoms with Crippen molar-refractivity contribution in [2.45, 2.75) is 181 Å². The van der Waals surface area contributed by atoms with Gasteiger partial charge in [0.2, 0.25) is 0 Å². The van der Waals surface area contributed by atoms with Crippen molar-refractivity contribution in [2.24, 2.45) is 0 Å². The highest BCUT2D eigenvalue weighted by Crippen LogP contribution is 2.33. The Morgan fingerprint density at radius 3 is 1.60 bits per heavy atom. The average molecular weight is 623 g/mol. The summed E-state index contributed by atoms with van der Waals surface area (Å²) >= 11 is 4.04. The molecule has 0 saturated carbocycles. The number of hydrogen-bond acceptors (Lipinski definition) is 5. The van der Waals surface area contributed by atoms with Crippen molar-refractivity contribution in [3.8, 4) is 5.75 Å². The van der Waals surface area contributed by atoms with Crippen LogP contribution in [0, 0.1) is 0 Å². The molecule has 244 valence electrons. The number of aryl methyl sites for hydroxylation is 1. The smallest absolute Gasteiger partial charge is 0.428 e. The second kappa shape index (κ2) is 25.5. The van der Waals surface area contributed by atoms with E-state index >= 15 is 0 Å². The summed E-state index contributed by atoms with van der Waals surface area (Å²) in [6.07, 6.45) is 23.9. The first kappa shape index (κ1) is 39.2. The summed E-state index contributed by atoms with van der Waals surface area (Å²) in [5.74, 6) is 5.05. The zero-order valence-corrected chi connectivity index (χ0v) is 30.1. The van der Waals surface area contributed by atoms with Crippen LogP contribution in [0.5, 0.6) is 5.75 Å². The van der Waals surface area contributed by atoms with E-state index in [0.29, 0.717) is 0 Å². The van der Waals surface area contributed by atoms with Crippen LogP contribution < -0.4 is 4.74 Å². The Hall–Kier alpha value is -0.810. The summed E-state index contributed by atoms with van der Waals surface area (Å²) < 4.78 is 11.6. The number of ether oxygens (including phenoxy) is 2. The predicted molar refractivity (Wildman–Crippen MR) is 189 cm³/mol. The maximum absolute atomic E-state index is 12.8. The Morgan fingerprint density at radius 2 is 1.07 bits per heavy atom. The zero-order chi connectivity index (χ0) is 30.9. The summed E-state index contributed by atoms with van der Waals surface area (Å²) in [5.41, 5.74) is 3.15. The Balaban J connectivity index is 2.97. The molecular weight excluding hydrogens is 557 g/mol. The number of hydrogen-bond donors (Lipinski definition) is 0. The number of benzene rings is 1. The van der Waals surface area contributed by atoms with Crippen LogP contribution in [0.1, 0.15) is 174 Å². The molecule has 0 atom stereocenters. The molecule has 5 heteroatoms. The fourth-order valence-electron chi connectivity index (χ4n) is 5.12. The third kappa shape index (κ3) is 21.0. The van der Waals surface area contributed by atoms with E-state index in [-0.39, 0.29) is 0 Å². The summed E-state index contributed by atoms with van der Waals surface area (Å²) in [5, 5.41) is 0. The first-order valence-electron chi connectivity index (χ1n) is 17.5. The predicted octanol–water partition coefficient (Wildman–Crippen LogP) is 13.1. The fourth-order valence-corrected chi connectivity index (χ4v) is 7.07. The van der Waals surface area contributed by atoms with Crippen molar-refractivity contribution in [3.05, 3.63) is 28.8 Å². The summed E-state index contributed by atoms with van der Waals surface area (Å²) in [6, 6.07) is 4.63. The lowest BCUT2D eigenvalue weighted by Crippen LogP contribution is -2.26. The first-order valence-corrected chi connectivity index (χ1v) is 19.8. The van der Waals surface area contributed by atoms with Gasteiger partial charge >= 0.3 is 6.16 Å². The van der Waals surface area contributed by atoms with Crippen molar-refractivity contribution < 1.29 is 14.3 Å².